The molecule has 23 heavy (non-hydrogen) atoms. The molecule has 2 rings (SSSR count). The van der Waals surface area contributed by atoms with Crippen molar-refractivity contribution < 1.29 is 9.59 Å². The topological polar surface area (TPSA) is 52.7 Å². The van der Waals surface area contributed by atoms with Crippen LogP contribution < -0.4 is 10.2 Å². The van der Waals surface area contributed by atoms with Gasteiger partial charge in [-0.3, -0.25) is 9.59 Å². The van der Waals surface area contributed by atoms with Gasteiger partial charge in [-0.2, -0.15) is 0 Å². The van der Waals surface area contributed by atoms with Crippen molar-refractivity contribution in [1.82, 2.24) is 10.2 Å². The van der Waals surface area contributed by atoms with Crippen LogP contribution in [0.2, 0.25) is 0 Å². The normalized spacial score (nSPS) is 17.8. The molecule has 1 fully saturated rings. The van der Waals surface area contributed by atoms with Crippen LogP contribution in [0.5, 0.6) is 0 Å². The van der Waals surface area contributed by atoms with Crippen LogP contribution in [0.25, 0.3) is 0 Å². The van der Waals surface area contributed by atoms with Gasteiger partial charge < -0.3 is 15.1 Å². The van der Waals surface area contributed by atoms with Crippen molar-refractivity contribution in [1.29, 1.82) is 0 Å². The van der Waals surface area contributed by atoms with Gasteiger partial charge in [-0.05, 0) is 51.2 Å². The van der Waals surface area contributed by atoms with Crippen molar-refractivity contribution in [2.45, 2.75) is 26.2 Å². The number of carbonyl (C=O) groups excluding carboxylic acids is 2. The number of hydrogen-bond donors (Lipinski definition) is 1. The van der Waals surface area contributed by atoms with Crippen LogP contribution in [0, 0.1) is 5.92 Å². The lowest BCUT2D eigenvalue weighted by Crippen LogP contribution is -2.34. The number of amides is 2. The maximum atomic E-state index is 12.2. The Morgan fingerprint density at radius 1 is 1.30 bits per heavy atom. The zero-order chi connectivity index (χ0) is 16.8. The van der Waals surface area contributed by atoms with Crippen LogP contribution in [0.3, 0.4) is 0 Å². The molecule has 1 N–H and O–H groups in total. The van der Waals surface area contributed by atoms with Crippen molar-refractivity contribution in [3.63, 3.8) is 0 Å². The smallest absolute Gasteiger partial charge is 0.227 e. The van der Waals surface area contributed by atoms with Gasteiger partial charge in [0.05, 0.1) is 5.92 Å². The van der Waals surface area contributed by atoms with E-state index >= 15 is 0 Å². The zero-order valence-electron chi connectivity index (χ0n) is 14.3. The molecule has 1 aromatic carbocycles. The standard InChI is InChI=1S/C18H27N3O2/c1-4-14-6-8-16(9-7-14)21-13-15(12-17(21)22)18(23)19-10-5-11-20(2)3/h6-9,15H,4-5,10-13H2,1-3H3,(H,19,23)/t15-/m0/s1. The van der Waals surface area contributed by atoms with E-state index in [1.807, 2.05) is 38.4 Å². The van der Waals surface area contributed by atoms with Gasteiger partial charge in [-0.25, -0.2) is 0 Å². The minimum Gasteiger partial charge on any atom is -0.356 e. The molecule has 0 bridgehead atoms. The van der Waals surface area contributed by atoms with E-state index in [1.165, 1.54) is 5.56 Å². The Kier molecular flexibility index (Phi) is 6.16. The van der Waals surface area contributed by atoms with E-state index in [1.54, 1.807) is 4.90 Å². The highest BCUT2D eigenvalue weighted by molar-refractivity contribution is 6.00. The summed E-state index contributed by atoms with van der Waals surface area (Å²) >= 11 is 0. The molecular formula is C18H27N3O2. The highest BCUT2D eigenvalue weighted by atomic mass is 16.2. The molecule has 0 radical (unpaired) electrons. The van der Waals surface area contributed by atoms with Crippen molar-refractivity contribution in [2.24, 2.45) is 5.92 Å². The fourth-order valence-electron chi connectivity index (χ4n) is 2.80. The van der Waals surface area contributed by atoms with E-state index in [0.717, 1.165) is 25.1 Å². The maximum absolute atomic E-state index is 12.2. The van der Waals surface area contributed by atoms with Crippen LogP contribution in [-0.2, 0) is 16.0 Å². The third-order valence-corrected chi connectivity index (χ3v) is 4.23. The molecule has 0 aromatic heterocycles. The average Bonchev–Trinajstić information content (AvgIpc) is 2.93. The van der Waals surface area contributed by atoms with E-state index < -0.39 is 0 Å². The summed E-state index contributed by atoms with van der Waals surface area (Å²) in [6.45, 7) is 4.18. The van der Waals surface area contributed by atoms with Gasteiger partial charge in [0.2, 0.25) is 11.8 Å². The molecule has 5 nitrogen and oxygen atoms in total. The van der Waals surface area contributed by atoms with Gasteiger partial charge in [0.15, 0.2) is 0 Å². The van der Waals surface area contributed by atoms with Crippen molar-refractivity contribution in [2.75, 3.05) is 38.6 Å². The molecule has 1 heterocycles. The summed E-state index contributed by atoms with van der Waals surface area (Å²) in [5.41, 5.74) is 2.13. The highest BCUT2D eigenvalue weighted by Gasteiger charge is 2.34. The average molecular weight is 317 g/mol. The first-order valence-corrected chi connectivity index (χ1v) is 8.33. The van der Waals surface area contributed by atoms with Crippen LogP contribution in [0.1, 0.15) is 25.3 Å². The molecular weight excluding hydrogens is 290 g/mol. The van der Waals surface area contributed by atoms with Crippen LogP contribution in [-0.4, -0.2) is 50.4 Å². The largest absolute Gasteiger partial charge is 0.356 e. The Bertz CT molecular complexity index is 540. The van der Waals surface area contributed by atoms with E-state index in [9.17, 15) is 9.59 Å². The van der Waals surface area contributed by atoms with Gasteiger partial charge in [-0.15, -0.1) is 0 Å². The van der Waals surface area contributed by atoms with Gasteiger partial charge in [0, 0.05) is 25.2 Å². The summed E-state index contributed by atoms with van der Waals surface area (Å²) in [7, 11) is 4.03. The minimum atomic E-state index is -0.243. The molecule has 5 heteroatoms. The zero-order valence-corrected chi connectivity index (χ0v) is 14.3. The van der Waals surface area contributed by atoms with Gasteiger partial charge in [0.1, 0.15) is 0 Å². The fourth-order valence-corrected chi connectivity index (χ4v) is 2.80. The monoisotopic (exact) mass is 317 g/mol. The van der Waals surface area contributed by atoms with Crippen molar-refractivity contribution >= 4 is 17.5 Å². The lowest BCUT2D eigenvalue weighted by molar-refractivity contribution is -0.126. The third kappa shape index (κ3) is 4.79. The van der Waals surface area contributed by atoms with Gasteiger partial charge >= 0.3 is 0 Å². The Hall–Kier alpha value is -1.88. The van der Waals surface area contributed by atoms with Crippen LogP contribution in [0.4, 0.5) is 5.69 Å². The number of hydrogen-bond acceptors (Lipinski definition) is 3. The minimum absolute atomic E-state index is 0.00946. The summed E-state index contributed by atoms with van der Waals surface area (Å²) in [5.74, 6) is -0.222. The number of aryl methyl sites for hydroxylation is 1. The van der Waals surface area contributed by atoms with E-state index in [-0.39, 0.29) is 17.7 Å². The Morgan fingerprint density at radius 3 is 2.61 bits per heavy atom. The second-order valence-electron chi connectivity index (χ2n) is 6.37. The SMILES string of the molecule is CCc1ccc(N2C[C@@H](C(=O)NCCCN(C)C)CC2=O)cc1. The van der Waals surface area contributed by atoms with Gasteiger partial charge in [0.25, 0.3) is 0 Å². The lowest BCUT2D eigenvalue weighted by Gasteiger charge is -2.17. The summed E-state index contributed by atoms with van der Waals surface area (Å²) in [5, 5.41) is 2.95. The molecule has 1 aromatic rings. The van der Waals surface area contributed by atoms with Crippen molar-refractivity contribution in [3.8, 4) is 0 Å². The molecule has 1 atom stereocenters. The number of nitrogens with one attached hydrogen (secondary N) is 1. The highest BCUT2D eigenvalue weighted by Crippen LogP contribution is 2.25. The number of rotatable bonds is 7. The van der Waals surface area contributed by atoms with Crippen LogP contribution in [0.15, 0.2) is 24.3 Å². The molecule has 1 saturated heterocycles. The Labute approximate surface area is 138 Å². The summed E-state index contributed by atoms with van der Waals surface area (Å²) in [6.07, 6.45) is 2.20. The fraction of sp³-hybridized carbons (Fsp3) is 0.556. The molecule has 126 valence electrons. The van der Waals surface area contributed by atoms with E-state index in [4.69, 9.17) is 0 Å². The summed E-state index contributed by atoms with van der Waals surface area (Å²) < 4.78 is 0. The quantitative estimate of drug-likeness (QED) is 0.778. The van der Waals surface area contributed by atoms with E-state index in [0.29, 0.717) is 19.5 Å². The second kappa shape index (κ2) is 8.11. The molecule has 1 aliphatic heterocycles. The predicted octanol–water partition coefficient (Wildman–Crippen LogP) is 1.67. The first-order valence-electron chi connectivity index (χ1n) is 8.33. The van der Waals surface area contributed by atoms with Crippen molar-refractivity contribution in [3.05, 3.63) is 29.8 Å². The summed E-state index contributed by atoms with van der Waals surface area (Å²) in [4.78, 5) is 28.2. The third-order valence-electron chi connectivity index (χ3n) is 4.23. The molecule has 0 saturated carbocycles. The number of nitrogens with zero attached hydrogens (tertiary/aromatic N) is 2. The lowest BCUT2D eigenvalue weighted by atomic mass is 10.1. The second-order valence-corrected chi connectivity index (χ2v) is 6.37. The molecule has 0 spiro atoms. The Morgan fingerprint density at radius 2 is 2.00 bits per heavy atom. The molecule has 1 aliphatic rings. The molecule has 0 aliphatic carbocycles. The first kappa shape index (κ1) is 17.5. The number of benzene rings is 1. The number of anilines is 1. The number of carbonyl (C=O) groups is 2. The molecule has 0 unspecified atom stereocenters. The maximum Gasteiger partial charge on any atom is 0.227 e. The molecule has 2 amide bonds. The van der Waals surface area contributed by atoms with Crippen LogP contribution >= 0.6 is 0 Å². The Balaban J connectivity index is 1.87. The summed E-state index contributed by atoms with van der Waals surface area (Å²) in [6, 6.07) is 8.01. The predicted molar refractivity (Wildman–Crippen MR) is 92.5 cm³/mol. The van der Waals surface area contributed by atoms with Gasteiger partial charge in [-0.1, -0.05) is 19.1 Å². The first-order chi connectivity index (χ1) is 11.0. The van der Waals surface area contributed by atoms with E-state index in [2.05, 4.69) is 17.1 Å².